The fourth-order valence-corrected chi connectivity index (χ4v) is 3.09. The first-order valence-electron chi connectivity index (χ1n) is 8.64. The first kappa shape index (κ1) is 19.4. The van der Waals surface area contributed by atoms with Crippen LogP contribution in [0.4, 0.5) is 13.2 Å². The van der Waals surface area contributed by atoms with E-state index in [2.05, 4.69) is 5.10 Å². The van der Waals surface area contributed by atoms with Crippen LogP contribution in [0.25, 0.3) is 0 Å². The lowest BCUT2D eigenvalue weighted by Gasteiger charge is -2.15. The Morgan fingerprint density at radius 2 is 1.50 bits per heavy atom. The maximum Gasteiger partial charge on any atom is 0.433 e. The van der Waals surface area contributed by atoms with Crippen molar-refractivity contribution in [1.82, 2.24) is 14.8 Å². The normalized spacial score (nSPS) is 13.5. The molecule has 30 heavy (non-hydrogen) atoms. The van der Waals surface area contributed by atoms with Gasteiger partial charge in [-0.2, -0.15) is 18.3 Å². The van der Waals surface area contributed by atoms with Crippen LogP contribution >= 0.6 is 0 Å². The number of aromatic nitrogens is 2. The van der Waals surface area contributed by atoms with E-state index in [0.29, 0.717) is 16.4 Å². The Morgan fingerprint density at radius 3 is 2.07 bits per heavy atom. The van der Waals surface area contributed by atoms with Crippen LogP contribution in [0.1, 0.15) is 42.3 Å². The zero-order valence-corrected chi connectivity index (χ0v) is 15.1. The second kappa shape index (κ2) is 7.14. The van der Waals surface area contributed by atoms with Crippen molar-refractivity contribution in [1.29, 1.82) is 0 Å². The fourth-order valence-electron chi connectivity index (χ4n) is 3.09. The second-order valence-electron chi connectivity index (χ2n) is 6.38. The van der Waals surface area contributed by atoms with Crippen molar-refractivity contribution >= 4 is 17.8 Å². The number of rotatable bonds is 4. The summed E-state index contributed by atoms with van der Waals surface area (Å²) in [6.07, 6.45) is -4.23. The molecule has 0 radical (unpaired) electrons. The maximum atomic E-state index is 13.7. The summed E-state index contributed by atoms with van der Waals surface area (Å²) < 4.78 is 41.6. The molecule has 2 aromatic carbocycles. The molecule has 1 aliphatic rings. The summed E-state index contributed by atoms with van der Waals surface area (Å²) in [5.74, 6) is -3.39. The molecule has 0 saturated carbocycles. The van der Waals surface area contributed by atoms with E-state index in [1.54, 1.807) is 30.3 Å². The standard InChI is InChI=1S/C20H12F3N3O4/c21-20(22,23)16-15(10-24-25(16)11-12-6-2-1-3-7-12)19(29)30-26-17(27)13-8-4-5-9-14(13)18(26)28/h1-10H,11H2. The number of hydrogen-bond acceptors (Lipinski definition) is 5. The molecule has 7 nitrogen and oxygen atoms in total. The van der Waals surface area contributed by atoms with E-state index in [9.17, 15) is 27.6 Å². The summed E-state index contributed by atoms with van der Waals surface area (Å²) in [7, 11) is 0. The highest BCUT2D eigenvalue weighted by atomic mass is 19.4. The second-order valence-corrected chi connectivity index (χ2v) is 6.38. The van der Waals surface area contributed by atoms with Gasteiger partial charge in [-0.25, -0.2) is 4.79 Å². The van der Waals surface area contributed by atoms with E-state index in [-0.39, 0.29) is 22.7 Å². The number of alkyl halides is 3. The summed E-state index contributed by atoms with van der Waals surface area (Å²) in [6.45, 7) is -0.240. The van der Waals surface area contributed by atoms with E-state index in [1.807, 2.05) is 0 Å². The van der Waals surface area contributed by atoms with Gasteiger partial charge in [-0.15, -0.1) is 0 Å². The van der Waals surface area contributed by atoms with Crippen molar-refractivity contribution in [3.8, 4) is 0 Å². The smallest absolute Gasteiger partial charge is 0.324 e. The van der Waals surface area contributed by atoms with Crippen LogP contribution in [0.3, 0.4) is 0 Å². The van der Waals surface area contributed by atoms with Crippen molar-refractivity contribution in [3.63, 3.8) is 0 Å². The molecular weight excluding hydrogens is 403 g/mol. The molecule has 1 aromatic heterocycles. The monoisotopic (exact) mass is 415 g/mol. The average Bonchev–Trinajstić information content (AvgIpc) is 3.24. The third-order valence-electron chi connectivity index (χ3n) is 4.43. The van der Waals surface area contributed by atoms with Crippen LogP contribution in [0.2, 0.25) is 0 Å². The molecule has 1 aliphatic heterocycles. The Labute approximate surface area is 167 Å². The van der Waals surface area contributed by atoms with Crippen molar-refractivity contribution in [2.75, 3.05) is 0 Å². The number of amides is 2. The van der Waals surface area contributed by atoms with E-state index in [0.717, 1.165) is 0 Å². The lowest BCUT2D eigenvalue weighted by Crippen LogP contribution is -2.33. The molecule has 0 fully saturated rings. The van der Waals surface area contributed by atoms with Crippen LogP contribution in [0.5, 0.6) is 0 Å². The Hall–Kier alpha value is -3.95. The highest BCUT2D eigenvalue weighted by Crippen LogP contribution is 2.33. The fraction of sp³-hybridized carbons (Fsp3) is 0.100. The van der Waals surface area contributed by atoms with Gasteiger partial charge >= 0.3 is 12.1 Å². The van der Waals surface area contributed by atoms with Gasteiger partial charge in [0, 0.05) is 0 Å². The lowest BCUT2D eigenvalue weighted by atomic mass is 10.1. The van der Waals surface area contributed by atoms with Crippen LogP contribution in [0.15, 0.2) is 60.8 Å². The number of imide groups is 1. The number of hydroxylamine groups is 2. The molecule has 0 atom stereocenters. The summed E-state index contributed by atoms with van der Waals surface area (Å²) in [4.78, 5) is 41.8. The Balaban J connectivity index is 1.64. The van der Waals surface area contributed by atoms with Gasteiger partial charge in [-0.1, -0.05) is 47.5 Å². The minimum absolute atomic E-state index is 0.00822. The molecule has 4 rings (SSSR count). The first-order valence-corrected chi connectivity index (χ1v) is 8.64. The minimum atomic E-state index is -4.93. The minimum Gasteiger partial charge on any atom is -0.324 e. The van der Waals surface area contributed by atoms with Gasteiger partial charge in [0.2, 0.25) is 0 Å². The molecule has 0 aliphatic carbocycles. The molecule has 0 saturated heterocycles. The molecule has 0 unspecified atom stereocenters. The summed E-state index contributed by atoms with van der Waals surface area (Å²) in [5.41, 5.74) is -1.73. The third-order valence-corrected chi connectivity index (χ3v) is 4.43. The van der Waals surface area contributed by atoms with E-state index < -0.39 is 35.2 Å². The number of carbonyl (C=O) groups is 3. The number of hydrogen-bond donors (Lipinski definition) is 0. The molecule has 3 aromatic rings. The number of halogens is 3. The zero-order chi connectivity index (χ0) is 21.5. The van der Waals surface area contributed by atoms with Gasteiger partial charge in [-0.05, 0) is 17.7 Å². The van der Waals surface area contributed by atoms with Crippen molar-refractivity contribution in [2.45, 2.75) is 12.7 Å². The van der Waals surface area contributed by atoms with Crippen molar-refractivity contribution in [2.24, 2.45) is 0 Å². The number of benzene rings is 2. The molecule has 152 valence electrons. The lowest BCUT2D eigenvalue weighted by molar-refractivity contribution is -0.144. The molecular formula is C20H12F3N3O4. The van der Waals surface area contributed by atoms with Gasteiger partial charge in [0.25, 0.3) is 11.8 Å². The van der Waals surface area contributed by atoms with Crippen LogP contribution in [-0.2, 0) is 17.6 Å². The topological polar surface area (TPSA) is 81.5 Å². The van der Waals surface area contributed by atoms with Gasteiger partial charge in [0.15, 0.2) is 5.69 Å². The molecule has 0 bridgehead atoms. The molecule has 2 heterocycles. The molecule has 0 N–H and O–H groups in total. The third kappa shape index (κ3) is 3.32. The number of nitrogens with zero attached hydrogens (tertiary/aromatic N) is 3. The van der Waals surface area contributed by atoms with Crippen LogP contribution in [-0.4, -0.2) is 32.6 Å². The first-order chi connectivity index (χ1) is 14.3. The summed E-state index contributed by atoms with van der Waals surface area (Å²) >= 11 is 0. The van der Waals surface area contributed by atoms with Gasteiger partial charge < -0.3 is 4.84 Å². The van der Waals surface area contributed by atoms with E-state index in [4.69, 9.17) is 4.84 Å². The van der Waals surface area contributed by atoms with Crippen LogP contribution < -0.4 is 0 Å². The Morgan fingerprint density at radius 1 is 0.933 bits per heavy atom. The molecule has 10 heteroatoms. The SMILES string of the molecule is O=C(ON1C(=O)c2ccccc2C1=O)c1cnn(Cc2ccccc2)c1C(F)(F)F. The van der Waals surface area contributed by atoms with E-state index >= 15 is 0 Å². The quantitative estimate of drug-likeness (QED) is 0.611. The van der Waals surface area contributed by atoms with Gasteiger partial charge in [-0.3, -0.25) is 14.3 Å². The van der Waals surface area contributed by atoms with Crippen LogP contribution in [0, 0.1) is 0 Å². The summed E-state index contributed by atoms with van der Waals surface area (Å²) in [6, 6.07) is 14.0. The molecule has 0 spiro atoms. The average molecular weight is 415 g/mol. The Kier molecular flexibility index (Phi) is 4.61. The zero-order valence-electron chi connectivity index (χ0n) is 15.1. The predicted molar refractivity (Wildman–Crippen MR) is 95.1 cm³/mol. The highest BCUT2D eigenvalue weighted by molar-refractivity contribution is 6.21. The number of carbonyl (C=O) groups excluding carboxylic acids is 3. The van der Waals surface area contributed by atoms with Crippen molar-refractivity contribution < 1.29 is 32.4 Å². The van der Waals surface area contributed by atoms with Crippen molar-refractivity contribution in [3.05, 3.63) is 88.7 Å². The highest BCUT2D eigenvalue weighted by Gasteiger charge is 2.43. The predicted octanol–water partition coefficient (Wildman–Crippen LogP) is 3.32. The summed E-state index contributed by atoms with van der Waals surface area (Å²) in [5, 5.41) is 3.81. The molecule has 2 amide bonds. The van der Waals surface area contributed by atoms with Gasteiger partial charge in [0.05, 0.1) is 23.9 Å². The maximum absolute atomic E-state index is 13.7. The van der Waals surface area contributed by atoms with E-state index in [1.165, 1.54) is 24.3 Å². The Bertz CT molecular complexity index is 1120. The van der Waals surface area contributed by atoms with Gasteiger partial charge in [0.1, 0.15) is 5.56 Å². The number of fused-ring (bicyclic) bond motifs is 1. The largest absolute Gasteiger partial charge is 0.433 e.